The van der Waals surface area contributed by atoms with E-state index in [2.05, 4.69) is 10.3 Å². The highest BCUT2D eigenvalue weighted by Gasteiger charge is 2.42. The minimum absolute atomic E-state index is 0.208. The van der Waals surface area contributed by atoms with Crippen molar-refractivity contribution in [1.82, 2.24) is 14.6 Å². The van der Waals surface area contributed by atoms with Gasteiger partial charge in [0.1, 0.15) is 6.04 Å². The van der Waals surface area contributed by atoms with Gasteiger partial charge < -0.3 is 5.32 Å². The van der Waals surface area contributed by atoms with Crippen molar-refractivity contribution < 1.29 is 18.0 Å². The smallest absolute Gasteiger partial charge is 0.307 e. The van der Waals surface area contributed by atoms with E-state index in [-0.39, 0.29) is 16.7 Å². The summed E-state index contributed by atoms with van der Waals surface area (Å²) in [7, 11) is -4.20. The highest BCUT2D eigenvalue weighted by atomic mass is 32.2. The lowest BCUT2D eigenvalue weighted by molar-refractivity contribution is -0.124. The van der Waals surface area contributed by atoms with Crippen LogP contribution in [0.5, 0.6) is 0 Å². The van der Waals surface area contributed by atoms with Crippen LogP contribution >= 0.6 is 0 Å². The van der Waals surface area contributed by atoms with Crippen LogP contribution in [0.1, 0.15) is 38.5 Å². The van der Waals surface area contributed by atoms with Crippen molar-refractivity contribution in [1.29, 1.82) is 0 Å². The molecule has 0 aromatic carbocycles. The molecule has 1 aliphatic heterocycles. The van der Waals surface area contributed by atoms with Crippen LogP contribution in [0.3, 0.4) is 0 Å². The van der Waals surface area contributed by atoms with E-state index in [1.54, 1.807) is 6.07 Å². The normalized spacial score (nSPS) is 25.5. The van der Waals surface area contributed by atoms with Crippen molar-refractivity contribution in [3.05, 3.63) is 24.4 Å². The van der Waals surface area contributed by atoms with Gasteiger partial charge in [0, 0.05) is 6.20 Å². The topological polar surface area (TPSA) is 96.4 Å². The Hall–Kier alpha value is -1.80. The summed E-state index contributed by atoms with van der Waals surface area (Å²) in [6.07, 6.45) is 7.81. The molecule has 1 radical (unpaired) electrons. The molecule has 2 atom stereocenters. The summed E-state index contributed by atoms with van der Waals surface area (Å²) in [6, 6.07) is 3.01. The lowest BCUT2D eigenvalue weighted by Gasteiger charge is -2.29. The number of sulfonamides is 1. The molecule has 2 heterocycles. The number of nitrogens with one attached hydrogen (secondary N) is 1. The van der Waals surface area contributed by atoms with Gasteiger partial charge in [0.2, 0.25) is 0 Å². The predicted molar refractivity (Wildman–Crippen MR) is 90.7 cm³/mol. The molecule has 1 N–H and O–H groups in total. The summed E-state index contributed by atoms with van der Waals surface area (Å²) < 4.78 is 26.1. The third-order valence-corrected chi connectivity index (χ3v) is 6.68. The fraction of sp³-hybridized carbons (Fsp3) is 0.588. The third kappa shape index (κ3) is 3.59. The van der Waals surface area contributed by atoms with Gasteiger partial charge in [-0.3, -0.25) is 9.59 Å². The molecule has 0 bridgehead atoms. The molecule has 1 saturated heterocycles. The van der Waals surface area contributed by atoms with E-state index in [1.165, 1.54) is 24.7 Å². The van der Waals surface area contributed by atoms with E-state index in [4.69, 9.17) is 0 Å². The Morgan fingerprint density at radius 3 is 2.56 bits per heavy atom. The Morgan fingerprint density at radius 2 is 1.92 bits per heavy atom. The summed E-state index contributed by atoms with van der Waals surface area (Å²) in [5.41, 5.74) is 0. The predicted octanol–water partition coefficient (Wildman–Crippen LogP) is 1.02. The van der Waals surface area contributed by atoms with E-state index in [9.17, 15) is 18.0 Å². The summed E-state index contributed by atoms with van der Waals surface area (Å²) in [5.74, 6) is -0.0218. The molecule has 1 saturated carbocycles. The van der Waals surface area contributed by atoms with Gasteiger partial charge in [0.15, 0.2) is 10.8 Å². The van der Waals surface area contributed by atoms with E-state index in [0.717, 1.165) is 25.7 Å². The standard InChI is InChI=1S/C17H22N3O4S/c21-12-20(25(23,24)15-9-3-4-10-18-15)14-8-5-11-19-16(17(14)22)13-6-1-2-7-13/h3-4,9-10,13-14,16,19H,1-2,5-8,11H2/t14-,16?/m0/s1. The summed E-state index contributed by atoms with van der Waals surface area (Å²) in [4.78, 5) is 28.4. The average Bonchev–Trinajstić information content (AvgIpc) is 3.08. The molecule has 2 aliphatic rings. The van der Waals surface area contributed by atoms with Crippen LogP contribution in [-0.2, 0) is 19.6 Å². The molecular weight excluding hydrogens is 342 g/mol. The maximum atomic E-state index is 13.0. The number of carbonyl (C=O) groups excluding carboxylic acids is 2. The number of amides is 1. The zero-order valence-corrected chi connectivity index (χ0v) is 14.7. The molecule has 1 aromatic heterocycles. The van der Waals surface area contributed by atoms with Crippen LogP contribution in [0.15, 0.2) is 29.4 Å². The van der Waals surface area contributed by atoms with E-state index < -0.39 is 22.1 Å². The number of Topliss-reactive ketones (excluding diaryl/α,β-unsaturated/α-hetero) is 1. The van der Waals surface area contributed by atoms with Crippen LogP contribution in [0.4, 0.5) is 0 Å². The monoisotopic (exact) mass is 364 g/mol. The molecule has 1 aromatic rings. The van der Waals surface area contributed by atoms with Crippen molar-refractivity contribution in [2.45, 2.75) is 55.6 Å². The number of hydrogen-bond donors (Lipinski definition) is 1. The second-order valence-electron chi connectivity index (χ2n) is 6.60. The Balaban J connectivity index is 1.90. The zero-order valence-electron chi connectivity index (χ0n) is 13.9. The molecule has 8 heteroatoms. The summed E-state index contributed by atoms with van der Waals surface area (Å²) >= 11 is 0. The first-order chi connectivity index (χ1) is 12.1. The molecule has 135 valence electrons. The minimum Gasteiger partial charge on any atom is -0.307 e. The van der Waals surface area contributed by atoms with Crippen LogP contribution < -0.4 is 5.32 Å². The molecule has 0 spiro atoms. The van der Waals surface area contributed by atoms with Crippen molar-refractivity contribution in [3.63, 3.8) is 0 Å². The molecule has 25 heavy (non-hydrogen) atoms. The Kier molecular flexibility index (Phi) is 5.48. The number of aromatic nitrogens is 1. The molecule has 1 amide bonds. The lowest BCUT2D eigenvalue weighted by atomic mass is 9.91. The van der Waals surface area contributed by atoms with Crippen LogP contribution in [0.25, 0.3) is 0 Å². The van der Waals surface area contributed by atoms with E-state index >= 15 is 0 Å². The fourth-order valence-corrected chi connectivity index (χ4v) is 5.09. The van der Waals surface area contributed by atoms with Crippen molar-refractivity contribution in [2.24, 2.45) is 5.92 Å². The van der Waals surface area contributed by atoms with Crippen molar-refractivity contribution >= 4 is 22.2 Å². The Morgan fingerprint density at radius 1 is 1.16 bits per heavy atom. The van der Waals surface area contributed by atoms with Crippen molar-refractivity contribution in [3.8, 4) is 0 Å². The van der Waals surface area contributed by atoms with E-state index in [1.807, 2.05) is 0 Å². The largest absolute Gasteiger partial charge is 0.327 e. The van der Waals surface area contributed by atoms with Gasteiger partial charge in [-0.2, -0.15) is 8.42 Å². The first-order valence-corrected chi connectivity index (χ1v) is 10.1. The number of nitrogens with zero attached hydrogens (tertiary/aromatic N) is 2. The number of rotatable bonds is 5. The van der Waals surface area contributed by atoms with Gasteiger partial charge in [-0.1, -0.05) is 18.9 Å². The van der Waals surface area contributed by atoms with Gasteiger partial charge in [-0.25, -0.2) is 9.29 Å². The van der Waals surface area contributed by atoms with Crippen LogP contribution in [0.2, 0.25) is 0 Å². The first kappa shape index (κ1) is 18.0. The second kappa shape index (κ2) is 7.61. The number of hydrogen-bond acceptors (Lipinski definition) is 6. The lowest BCUT2D eigenvalue weighted by Crippen LogP contribution is -2.51. The summed E-state index contributed by atoms with van der Waals surface area (Å²) in [6.45, 7) is 0.639. The van der Waals surface area contributed by atoms with Gasteiger partial charge in [0.25, 0.3) is 10.0 Å². The number of pyridine rings is 1. The number of ketones is 1. The van der Waals surface area contributed by atoms with Crippen LogP contribution in [-0.4, -0.2) is 48.5 Å². The van der Waals surface area contributed by atoms with Crippen LogP contribution in [0, 0.1) is 5.92 Å². The molecule has 2 fully saturated rings. The van der Waals surface area contributed by atoms with Crippen molar-refractivity contribution in [2.75, 3.05) is 6.54 Å². The highest BCUT2D eigenvalue weighted by Crippen LogP contribution is 2.31. The highest BCUT2D eigenvalue weighted by molar-refractivity contribution is 7.89. The average molecular weight is 364 g/mol. The molecular formula is C17H22N3O4S. The Bertz CT molecular complexity index is 717. The minimum atomic E-state index is -4.20. The fourth-order valence-electron chi connectivity index (χ4n) is 3.81. The second-order valence-corrected chi connectivity index (χ2v) is 8.36. The van der Waals surface area contributed by atoms with Gasteiger partial charge in [-0.05, 0) is 50.3 Å². The molecule has 1 aliphatic carbocycles. The Labute approximate surface area is 147 Å². The maximum Gasteiger partial charge on any atom is 0.327 e. The number of carbonyl (C=O) groups is 1. The van der Waals surface area contributed by atoms with Gasteiger partial charge >= 0.3 is 6.41 Å². The first-order valence-electron chi connectivity index (χ1n) is 8.66. The molecule has 7 nitrogen and oxygen atoms in total. The SMILES string of the molecule is O=[C]N([C@H]1CCCNC(C2CCCC2)C1=O)S(=O)(=O)c1ccccn1. The van der Waals surface area contributed by atoms with Gasteiger partial charge in [-0.15, -0.1) is 0 Å². The molecule has 3 rings (SSSR count). The van der Waals surface area contributed by atoms with Gasteiger partial charge in [0.05, 0.1) is 6.04 Å². The zero-order chi connectivity index (χ0) is 17.9. The quantitative estimate of drug-likeness (QED) is 0.784. The summed E-state index contributed by atoms with van der Waals surface area (Å²) in [5, 5.41) is 3.01. The third-order valence-electron chi connectivity index (χ3n) is 5.06. The maximum absolute atomic E-state index is 13.0. The molecule has 1 unspecified atom stereocenters. The van der Waals surface area contributed by atoms with E-state index in [0.29, 0.717) is 23.7 Å².